The van der Waals surface area contributed by atoms with Gasteiger partial charge in [0.05, 0.1) is 23.3 Å². The van der Waals surface area contributed by atoms with Crippen LogP contribution in [0.2, 0.25) is 0 Å². The third kappa shape index (κ3) is 4.97. The van der Waals surface area contributed by atoms with Crippen molar-refractivity contribution >= 4 is 11.3 Å². The minimum absolute atomic E-state index is 0.0622. The molecule has 8 nitrogen and oxygen atoms in total. The summed E-state index contributed by atoms with van der Waals surface area (Å²) in [5, 5.41) is 16.6. The van der Waals surface area contributed by atoms with Crippen LogP contribution in [-0.4, -0.2) is 57.8 Å². The van der Waals surface area contributed by atoms with E-state index in [-0.39, 0.29) is 17.7 Å². The number of nitrogens with zero attached hydrogens (tertiary/aromatic N) is 6. The van der Waals surface area contributed by atoms with Gasteiger partial charge in [-0.25, -0.2) is 9.50 Å². The maximum Gasteiger partial charge on any atom is 0.256 e. The first-order valence-corrected chi connectivity index (χ1v) is 11.0. The Morgan fingerprint density at radius 2 is 2.06 bits per heavy atom. The van der Waals surface area contributed by atoms with Gasteiger partial charge in [0, 0.05) is 25.2 Å². The van der Waals surface area contributed by atoms with Gasteiger partial charge < -0.3 is 15.0 Å². The van der Waals surface area contributed by atoms with Crippen molar-refractivity contribution in [2.45, 2.75) is 38.1 Å². The lowest BCUT2D eigenvalue weighted by Gasteiger charge is -2.28. The third-order valence-electron chi connectivity index (χ3n) is 5.83. The summed E-state index contributed by atoms with van der Waals surface area (Å²) in [5.74, 6) is 0.297. The highest BCUT2D eigenvalue weighted by molar-refractivity contribution is 5.76. The van der Waals surface area contributed by atoms with E-state index >= 15 is 4.39 Å². The Morgan fingerprint density at radius 1 is 1.25 bits per heavy atom. The molecule has 0 amide bonds. The fraction of sp³-hybridized carbons (Fsp3) is 0.478. The first kappa shape index (κ1) is 22.0. The van der Waals surface area contributed by atoms with Crippen LogP contribution in [0.3, 0.4) is 0 Å². The molecule has 1 saturated carbocycles. The topological polar surface area (TPSA) is 91.4 Å². The van der Waals surface area contributed by atoms with E-state index in [9.17, 15) is 0 Å². The maximum absolute atomic E-state index is 15.3. The fourth-order valence-electron chi connectivity index (χ4n) is 4.00. The van der Waals surface area contributed by atoms with E-state index in [4.69, 9.17) is 10.00 Å². The van der Waals surface area contributed by atoms with Crippen LogP contribution in [0.4, 0.5) is 10.2 Å². The average molecular weight is 438 g/mol. The fourth-order valence-corrected chi connectivity index (χ4v) is 4.00. The number of nitriles is 1. The lowest BCUT2D eigenvalue weighted by molar-refractivity contribution is 0.244. The Kier molecular flexibility index (Phi) is 6.81. The number of fused-ring (bicyclic) bond motifs is 1. The van der Waals surface area contributed by atoms with Gasteiger partial charge in [-0.1, -0.05) is 6.07 Å². The summed E-state index contributed by atoms with van der Waals surface area (Å²) in [4.78, 5) is 10.9. The number of aromatic nitrogens is 4. The van der Waals surface area contributed by atoms with Crippen molar-refractivity contribution < 1.29 is 9.13 Å². The minimum atomic E-state index is -0.580. The largest absolute Gasteiger partial charge is 0.474 e. The van der Waals surface area contributed by atoms with Gasteiger partial charge in [-0.05, 0) is 57.8 Å². The Bertz CT molecular complexity index is 1100. The lowest BCUT2D eigenvalue weighted by Crippen LogP contribution is -2.27. The zero-order chi connectivity index (χ0) is 22.5. The summed E-state index contributed by atoms with van der Waals surface area (Å²) >= 11 is 0. The monoisotopic (exact) mass is 437 g/mol. The molecule has 32 heavy (non-hydrogen) atoms. The number of rotatable bonds is 8. The normalized spacial score (nSPS) is 18.6. The van der Waals surface area contributed by atoms with Crippen LogP contribution < -0.4 is 10.1 Å². The molecular formula is C23H28FN7O. The van der Waals surface area contributed by atoms with E-state index in [0.717, 1.165) is 31.2 Å². The Hall–Kier alpha value is -3.25. The molecule has 0 atom stereocenters. The summed E-state index contributed by atoms with van der Waals surface area (Å²) in [7, 11) is 3.86. The molecule has 3 aromatic heterocycles. The van der Waals surface area contributed by atoms with Crippen LogP contribution in [0.5, 0.6) is 5.88 Å². The van der Waals surface area contributed by atoms with Crippen LogP contribution >= 0.6 is 0 Å². The highest BCUT2D eigenvalue weighted by Crippen LogP contribution is 2.32. The highest BCUT2D eigenvalue weighted by Gasteiger charge is 2.25. The summed E-state index contributed by atoms with van der Waals surface area (Å²) < 4.78 is 22.7. The summed E-state index contributed by atoms with van der Waals surface area (Å²) in [6.45, 7) is 0.953. The van der Waals surface area contributed by atoms with Crippen molar-refractivity contribution in [1.82, 2.24) is 24.5 Å². The maximum atomic E-state index is 15.3. The second-order valence-electron chi connectivity index (χ2n) is 8.48. The van der Waals surface area contributed by atoms with Crippen molar-refractivity contribution in [1.29, 1.82) is 5.26 Å². The Morgan fingerprint density at radius 3 is 2.81 bits per heavy atom. The van der Waals surface area contributed by atoms with Gasteiger partial charge in [-0.2, -0.15) is 19.7 Å². The molecule has 1 aliphatic carbocycles. The molecule has 0 saturated heterocycles. The lowest BCUT2D eigenvalue weighted by atomic mass is 9.84. The van der Waals surface area contributed by atoms with Gasteiger partial charge in [-0.3, -0.25) is 0 Å². The molecule has 1 N–H and O–H groups in total. The third-order valence-corrected chi connectivity index (χ3v) is 5.83. The first-order chi connectivity index (χ1) is 15.5. The molecule has 0 bridgehead atoms. The molecule has 4 rings (SSSR count). The molecule has 0 aromatic carbocycles. The zero-order valence-corrected chi connectivity index (χ0v) is 18.5. The first-order valence-electron chi connectivity index (χ1n) is 11.0. The summed E-state index contributed by atoms with van der Waals surface area (Å²) in [5.41, 5.74) is 1.55. The highest BCUT2D eigenvalue weighted by atomic mass is 19.1. The summed E-state index contributed by atoms with van der Waals surface area (Å²) in [6, 6.07) is 8.08. The van der Waals surface area contributed by atoms with Crippen LogP contribution in [0.1, 0.15) is 32.1 Å². The predicted octanol–water partition coefficient (Wildman–Crippen LogP) is 3.76. The predicted molar refractivity (Wildman–Crippen MR) is 120 cm³/mol. The van der Waals surface area contributed by atoms with Crippen LogP contribution in [0.25, 0.3) is 16.9 Å². The Balaban J connectivity index is 1.62. The van der Waals surface area contributed by atoms with E-state index in [1.54, 1.807) is 10.7 Å². The zero-order valence-electron chi connectivity index (χ0n) is 18.5. The molecule has 3 aromatic rings. The number of anilines is 1. The minimum Gasteiger partial charge on any atom is -0.474 e. The second kappa shape index (κ2) is 9.92. The van der Waals surface area contributed by atoms with Crippen molar-refractivity contribution in [2.75, 3.05) is 32.6 Å². The molecular weight excluding hydrogens is 409 g/mol. The number of hydrogen-bond acceptors (Lipinski definition) is 7. The van der Waals surface area contributed by atoms with Crippen LogP contribution in [0.15, 0.2) is 30.6 Å². The van der Waals surface area contributed by atoms with Gasteiger partial charge >= 0.3 is 0 Å². The van der Waals surface area contributed by atoms with Gasteiger partial charge in [0.25, 0.3) is 5.88 Å². The van der Waals surface area contributed by atoms with Gasteiger partial charge in [0.15, 0.2) is 11.6 Å². The van der Waals surface area contributed by atoms with E-state index in [1.165, 1.54) is 0 Å². The van der Waals surface area contributed by atoms with Crippen LogP contribution in [0, 0.1) is 23.1 Å². The number of likely N-dealkylation sites (N-methyl/N-ethyl adjacent to an activating group) is 1. The summed E-state index contributed by atoms with van der Waals surface area (Å²) in [6.07, 6.45) is 7.75. The standard InChI is InChI=1S/C23H28FN7O/c1-30(2)13-14-32-23-20(24)22(27-17-8-6-16(7-9-17)10-11-25)28-21(29-23)18-15-26-31-12-4-3-5-19(18)31/h3-5,12,15-17H,6-10,13-14H2,1-2H3,(H,27,28,29). The molecule has 0 aliphatic heterocycles. The van der Waals surface area contributed by atoms with Crippen molar-refractivity contribution in [3.8, 4) is 23.3 Å². The van der Waals surface area contributed by atoms with Gasteiger partial charge in [0.1, 0.15) is 6.61 Å². The average Bonchev–Trinajstić information content (AvgIpc) is 3.22. The molecule has 1 fully saturated rings. The smallest absolute Gasteiger partial charge is 0.256 e. The number of halogens is 1. The molecule has 3 heterocycles. The van der Waals surface area contributed by atoms with E-state index in [0.29, 0.717) is 36.9 Å². The van der Waals surface area contributed by atoms with Gasteiger partial charge in [-0.15, -0.1) is 0 Å². The number of pyridine rings is 1. The van der Waals surface area contributed by atoms with E-state index < -0.39 is 5.82 Å². The van der Waals surface area contributed by atoms with Crippen molar-refractivity contribution in [3.05, 3.63) is 36.4 Å². The molecule has 9 heteroatoms. The molecule has 0 unspecified atom stereocenters. The molecule has 0 radical (unpaired) electrons. The molecule has 168 valence electrons. The van der Waals surface area contributed by atoms with Crippen LogP contribution in [-0.2, 0) is 0 Å². The number of hydrogen-bond donors (Lipinski definition) is 1. The number of nitrogens with one attached hydrogen (secondary N) is 1. The van der Waals surface area contributed by atoms with Crippen molar-refractivity contribution in [3.63, 3.8) is 0 Å². The molecule has 0 spiro atoms. The van der Waals surface area contributed by atoms with E-state index in [1.807, 2.05) is 43.4 Å². The Labute approximate surface area is 187 Å². The van der Waals surface area contributed by atoms with E-state index in [2.05, 4.69) is 26.5 Å². The SMILES string of the molecule is CN(C)CCOc1nc(-c2cnn3ccccc23)nc(NC2CCC(CC#N)CC2)c1F. The quantitative estimate of drug-likeness (QED) is 0.574. The molecule has 1 aliphatic rings. The second-order valence-corrected chi connectivity index (χ2v) is 8.48. The van der Waals surface area contributed by atoms with Gasteiger partial charge in [0.2, 0.25) is 5.82 Å². The number of ether oxygens (including phenoxy) is 1. The van der Waals surface area contributed by atoms with Crippen molar-refractivity contribution in [2.24, 2.45) is 5.92 Å².